The Bertz CT molecular complexity index is 2230. The number of aromatic nitrogens is 3. The minimum atomic E-state index is -0.603. The van der Waals surface area contributed by atoms with Crippen molar-refractivity contribution in [2.75, 3.05) is 37.7 Å². The third kappa shape index (κ3) is 4.56. The predicted octanol–water partition coefficient (Wildman–Crippen LogP) is 5.98. The average molecular weight is 669 g/mol. The maximum Gasteiger partial charge on any atom is 0.319 e. The van der Waals surface area contributed by atoms with Crippen molar-refractivity contribution in [2.45, 2.75) is 55.8 Å². The molecule has 252 valence electrons. The van der Waals surface area contributed by atoms with Crippen molar-refractivity contribution in [1.29, 1.82) is 0 Å². The van der Waals surface area contributed by atoms with Crippen LogP contribution in [0.4, 0.5) is 10.2 Å². The van der Waals surface area contributed by atoms with Gasteiger partial charge in [-0.05, 0) is 68.3 Å². The maximum atomic E-state index is 17.0. The molecule has 3 aromatic carbocycles. The zero-order chi connectivity index (χ0) is 33.6. The molecule has 0 amide bonds. The zero-order valence-corrected chi connectivity index (χ0v) is 27.6. The number of phenolic OH excluding ortho intramolecular Hbond substituents is 1. The summed E-state index contributed by atoms with van der Waals surface area (Å²) < 4.78 is 29.9. The van der Waals surface area contributed by atoms with Crippen LogP contribution in [0.25, 0.3) is 32.9 Å². The van der Waals surface area contributed by atoms with E-state index in [1.807, 2.05) is 24.3 Å². The van der Waals surface area contributed by atoms with Gasteiger partial charge in [0.2, 0.25) is 0 Å². The summed E-state index contributed by atoms with van der Waals surface area (Å²) in [5, 5.41) is 16.2. The van der Waals surface area contributed by atoms with Crippen molar-refractivity contribution in [3.8, 4) is 41.1 Å². The normalized spacial score (nSPS) is 26.8. The highest BCUT2D eigenvalue weighted by atomic mass is 19.1. The summed E-state index contributed by atoms with van der Waals surface area (Å²) in [6.45, 7) is 3.60. The number of phenols is 1. The lowest BCUT2D eigenvalue weighted by Crippen LogP contribution is -2.51. The summed E-state index contributed by atoms with van der Waals surface area (Å²) in [6.07, 6.45) is 12.8. The number of ether oxygens (including phenoxy) is 2. The van der Waals surface area contributed by atoms with Crippen LogP contribution < -0.4 is 19.7 Å². The Kier molecular flexibility index (Phi) is 6.74. The number of terminal acetylenes is 1. The molecule has 4 fully saturated rings. The summed E-state index contributed by atoms with van der Waals surface area (Å²) in [5.41, 5.74) is 2.27. The van der Waals surface area contributed by atoms with E-state index in [0.717, 1.165) is 57.5 Å². The van der Waals surface area contributed by atoms with E-state index < -0.39 is 5.82 Å². The van der Waals surface area contributed by atoms with Gasteiger partial charge in [-0.3, -0.25) is 9.88 Å². The molecule has 50 heavy (non-hydrogen) atoms. The van der Waals surface area contributed by atoms with Crippen LogP contribution in [-0.4, -0.2) is 75.4 Å². The van der Waals surface area contributed by atoms with Gasteiger partial charge in [0.15, 0.2) is 5.82 Å². The summed E-state index contributed by atoms with van der Waals surface area (Å²) in [6, 6.07) is 18.1. The number of fused-ring (bicyclic) bond motifs is 9. The lowest BCUT2D eigenvalue weighted by molar-refractivity contribution is 0.0780. The molecule has 0 aliphatic carbocycles. The number of benzene rings is 3. The highest BCUT2D eigenvalue weighted by molar-refractivity contribution is 6.02. The van der Waals surface area contributed by atoms with Crippen molar-refractivity contribution >= 4 is 27.5 Å². The molecular formula is C40H37FN6O3. The van der Waals surface area contributed by atoms with E-state index in [1.54, 1.807) is 12.3 Å². The number of rotatable bonds is 5. The molecular weight excluding hydrogens is 631 g/mol. The van der Waals surface area contributed by atoms with Gasteiger partial charge in [-0.25, -0.2) is 4.39 Å². The molecule has 0 saturated carbocycles. The van der Waals surface area contributed by atoms with E-state index in [9.17, 15) is 5.11 Å². The van der Waals surface area contributed by atoms with Crippen LogP contribution in [0.5, 0.6) is 17.5 Å². The number of para-hydroxylation sites is 1. The van der Waals surface area contributed by atoms with E-state index in [1.165, 1.54) is 11.6 Å². The van der Waals surface area contributed by atoms with Gasteiger partial charge in [-0.15, -0.1) is 6.42 Å². The van der Waals surface area contributed by atoms with Crippen molar-refractivity contribution in [3.05, 3.63) is 77.7 Å². The van der Waals surface area contributed by atoms with Gasteiger partial charge in [0, 0.05) is 65.4 Å². The summed E-state index contributed by atoms with van der Waals surface area (Å²) in [5.74, 6) is 4.08. The molecule has 0 unspecified atom stereocenters. The fraction of sp³-hybridized carbons (Fsp3) is 0.375. The van der Waals surface area contributed by atoms with Crippen molar-refractivity contribution in [2.24, 2.45) is 5.92 Å². The third-order valence-electron chi connectivity index (χ3n) is 11.8. The molecule has 0 spiro atoms. The number of hydrogen-bond acceptors (Lipinski definition) is 9. The standard InChI is InChI=1S/C40H37FN6O3/c1-2-23-7-5-8-24-15-28(48)16-30(33(23)24)35-34(41)36-31(18-42-35)38(46-19-26-11-12-27(20-46)43-26)45-39(44-36)50-22-40-13-6-14-47(40)37-25(17-40)21-49-32-10-4-3-9-29(32)37/h1,3-5,7-10,15-16,18,25-27,37,43,48H,6,11-14,17,19-22H2/t25-,26-,27+,37-,40-/m1/s1. The lowest BCUT2D eigenvalue weighted by Gasteiger charge is -2.36. The second-order valence-corrected chi connectivity index (χ2v) is 14.7. The monoisotopic (exact) mass is 668 g/mol. The fourth-order valence-electron chi connectivity index (χ4n) is 9.71. The number of pyridine rings is 1. The van der Waals surface area contributed by atoms with Crippen molar-refractivity contribution in [1.82, 2.24) is 25.2 Å². The predicted molar refractivity (Wildman–Crippen MR) is 189 cm³/mol. The zero-order valence-electron chi connectivity index (χ0n) is 27.6. The molecule has 7 heterocycles. The molecule has 10 heteroatoms. The van der Waals surface area contributed by atoms with Gasteiger partial charge < -0.3 is 24.8 Å². The highest BCUT2D eigenvalue weighted by Gasteiger charge is 2.56. The van der Waals surface area contributed by atoms with Gasteiger partial charge >= 0.3 is 6.01 Å². The van der Waals surface area contributed by atoms with Crippen LogP contribution in [0.1, 0.15) is 49.3 Å². The van der Waals surface area contributed by atoms with E-state index in [0.29, 0.717) is 64.3 Å². The first-order valence-electron chi connectivity index (χ1n) is 17.7. The van der Waals surface area contributed by atoms with Crippen LogP contribution in [0.3, 0.4) is 0 Å². The number of piperazine rings is 1. The first kappa shape index (κ1) is 29.9. The van der Waals surface area contributed by atoms with Gasteiger partial charge in [0.1, 0.15) is 35.1 Å². The minimum Gasteiger partial charge on any atom is -0.508 e. The van der Waals surface area contributed by atoms with E-state index in [4.69, 9.17) is 25.9 Å². The van der Waals surface area contributed by atoms with Crippen LogP contribution in [-0.2, 0) is 0 Å². The van der Waals surface area contributed by atoms with Crippen LogP contribution in [0.2, 0.25) is 0 Å². The van der Waals surface area contributed by atoms with Gasteiger partial charge in [-0.2, -0.15) is 9.97 Å². The third-order valence-corrected chi connectivity index (χ3v) is 11.8. The first-order valence-corrected chi connectivity index (χ1v) is 17.7. The second kappa shape index (κ2) is 11.3. The van der Waals surface area contributed by atoms with E-state index >= 15 is 4.39 Å². The molecule has 2 bridgehead atoms. The average Bonchev–Trinajstić information content (AvgIpc) is 3.80. The molecule has 9 nitrogen and oxygen atoms in total. The first-order chi connectivity index (χ1) is 24.5. The molecule has 5 aliphatic heterocycles. The second-order valence-electron chi connectivity index (χ2n) is 14.7. The van der Waals surface area contributed by atoms with Crippen molar-refractivity contribution < 1.29 is 19.0 Å². The Morgan fingerprint density at radius 2 is 1.96 bits per heavy atom. The number of nitrogens with one attached hydrogen (secondary N) is 1. The summed E-state index contributed by atoms with van der Waals surface area (Å²) >= 11 is 0. The van der Waals surface area contributed by atoms with Gasteiger partial charge in [-0.1, -0.05) is 36.3 Å². The number of nitrogens with zero attached hydrogens (tertiary/aromatic N) is 5. The molecule has 0 radical (unpaired) electrons. The smallest absolute Gasteiger partial charge is 0.319 e. The molecule has 4 saturated heterocycles. The topological polar surface area (TPSA) is 95.9 Å². The largest absolute Gasteiger partial charge is 0.508 e. The molecule has 5 aromatic rings. The van der Waals surface area contributed by atoms with Crippen LogP contribution in [0, 0.1) is 24.1 Å². The molecule has 10 rings (SSSR count). The van der Waals surface area contributed by atoms with Gasteiger partial charge in [0.05, 0.1) is 17.5 Å². The summed E-state index contributed by atoms with van der Waals surface area (Å²) in [4.78, 5) is 19.3. The lowest BCUT2D eigenvalue weighted by atomic mass is 9.86. The SMILES string of the molecule is C#Cc1cccc2cc(O)cc(-c3ncc4c(N5C[C@H]6CC[C@@H](C5)N6)nc(OC[C@]56CCCN5[C@H]5c7ccccc7OC[C@H]5C6)nc4c3F)c12. The molecule has 5 atom stereocenters. The van der Waals surface area contributed by atoms with Crippen molar-refractivity contribution in [3.63, 3.8) is 0 Å². The Hall–Kier alpha value is -4.98. The van der Waals surface area contributed by atoms with E-state index in [-0.39, 0.29) is 34.6 Å². The molecule has 2 N–H and O–H groups in total. The van der Waals surface area contributed by atoms with Crippen LogP contribution >= 0.6 is 0 Å². The number of anilines is 1. The Balaban J connectivity index is 1.07. The quantitative estimate of drug-likeness (QED) is 0.220. The fourth-order valence-corrected chi connectivity index (χ4v) is 9.71. The van der Waals surface area contributed by atoms with Gasteiger partial charge in [0.25, 0.3) is 0 Å². The van der Waals surface area contributed by atoms with E-state index in [2.05, 4.69) is 44.2 Å². The Morgan fingerprint density at radius 3 is 2.82 bits per heavy atom. The Morgan fingerprint density at radius 1 is 1.10 bits per heavy atom. The summed E-state index contributed by atoms with van der Waals surface area (Å²) in [7, 11) is 0. The maximum absolute atomic E-state index is 17.0. The Labute approximate surface area is 289 Å². The van der Waals surface area contributed by atoms with Crippen LogP contribution in [0.15, 0.2) is 60.8 Å². The number of aromatic hydroxyl groups is 1. The number of halogens is 1. The minimum absolute atomic E-state index is 0.00260. The molecule has 5 aliphatic rings. The number of hydrogen-bond donors (Lipinski definition) is 2. The molecule has 2 aromatic heterocycles. The highest BCUT2D eigenvalue weighted by Crippen LogP contribution is 2.55.